The molecule has 26 heavy (non-hydrogen) atoms. The van der Waals surface area contributed by atoms with Gasteiger partial charge in [-0.3, -0.25) is 14.8 Å². The first kappa shape index (κ1) is 18.1. The zero-order valence-electron chi connectivity index (χ0n) is 15.5. The largest absolute Gasteiger partial charge is 0.481 e. The van der Waals surface area contributed by atoms with Crippen molar-refractivity contribution in [3.63, 3.8) is 0 Å². The van der Waals surface area contributed by atoms with Crippen molar-refractivity contribution in [1.82, 2.24) is 14.8 Å². The SMILES string of the molecule is Cc1ccc(OC(C)C(=O)Nc2nc(-c3cnn(C)c3C)cs2)cc1C. The molecule has 0 aliphatic rings. The van der Waals surface area contributed by atoms with Crippen molar-refractivity contribution in [2.24, 2.45) is 7.05 Å². The van der Waals surface area contributed by atoms with E-state index in [-0.39, 0.29) is 5.91 Å². The van der Waals surface area contributed by atoms with E-state index in [9.17, 15) is 4.79 Å². The van der Waals surface area contributed by atoms with Crippen LogP contribution in [0, 0.1) is 20.8 Å². The van der Waals surface area contributed by atoms with Crippen molar-refractivity contribution in [2.45, 2.75) is 33.8 Å². The summed E-state index contributed by atoms with van der Waals surface area (Å²) in [6, 6.07) is 5.79. The lowest BCUT2D eigenvalue weighted by molar-refractivity contribution is -0.122. The quantitative estimate of drug-likeness (QED) is 0.740. The van der Waals surface area contributed by atoms with Gasteiger partial charge in [0.05, 0.1) is 11.9 Å². The minimum Gasteiger partial charge on any atom is -0.481 e. The Bertz CT molecular complexity index is 945. The maximum absolute atomic E-state index is 12.4. The molecule has 1 amide bonds. The standard InChI is InChI=1S/C19H22N4O2S/c1-11-6-7-15(8-12(11)2)25-14(4)18(24)22-19-21-17(10-26-19)16-9-20-23(5)13(16)3/h6-10,14H,1-5H3,(H,21,22,24). The molecule has 0 saturated heterocycles. The number of hydrogen-bond acceptors (Lipinski definition) is 5. The summed E-state index contributed by atoms with van der Waals surface area (Å²) in [5, 5.41) is 9.50. The molecule has 1 atom stereocenters. The van der Waals surface area contributed by atoms with Crippen LogP contribution in [0.15, 0.2) is 29.8 Å². The van der Waals surface area contributed by atoms with E-state index in [2.05, 4.69) is 15.4 Å². The molecule has 2 aromatic heterocycles. The minimum absolute atomic E-state index is 0.230. The molecular weight excluding hydrogens is 348 g/mol. The average molecular weight is 370 g/mol. The second-order valence-electron chi connectivity index (χ2n) is 6.30. The Morgan fingerprint density at radius 1 is 1.27 bits per heavy atom. The maximum Gasteiger partial charge on any atom is 0.266 e. The Labute approximate surface area is 156 Å². The molecule has 0 spiro atoms. The summed E-state index contributed by atoms with van der Waals surface area (Å²) in [4.78, 5) is 16.9. The summed E-state index contributed by atoms with van der Waals surface area (Å²) < 4.78 is 7.55. The Balaban J connectivity index is 1.66. The molecule has 7 heteroatoms. The lowest BCUT2D eigenvalue weighted by Crippen LogP contribution is -2.30. The summed E-state index contributed by atoms with van der Waals surface area (Å²) in [5.41, 5.74) is 5.11. The van der Waals surface area contributed by atoms with Gasteiger partial charge < -0.3 is 4.74 Å². The number of benzene rings is 1. The third kappa shape index (κ3) is 3.77. The van der Waals surface area contributed by atoms with E-state index in [0.717, 1.165) is 22.5 Å². The van der Waals surface area contributed by atoms with Gasteiger partial charge in [-0.05, 0) is 51.0 Å². The lowest BCUT2D eigenvalue weighted by atomic mass is 10.1. The van der Waals surface area contributed by atoms with E-state index in [1.54, 1.807) is 17.8 Å². The molecule has 0 bridgehead atoms. The van der Waals surface area contributed by atoms with Gasteiger partial charge in [0.1, 0.15) is 5.75 Å². The Kier molecular flexibility index (Phi) is 5.08. The van der Waals surface area contributed by atoms with Crippen LogP contribution in [0.5, 0.6) is 5.75 Å². The number of nitrogens with one attached hydrogen (secondary N) is 1. The van der Waals surface area contributed by atoms with Gasteiger partial charge >= 0.3 is 0 Å². The molecule has 1 aromatic carbocycles. The van der Waals surface area contributed by atoms with Crippen LogP contribution in [0.2, 0.25) is 0 Å². The van der Waals surface area contributed by atoms with Crippen LogP contribution in [-0.4, -0.2) is 26.8 Å². The van der Waals surface area contributed by atoms with Crippen LogP contribution < -0.4 is 10.1 Å². The predicted molar refractivity (Wildman–Crippen MR) is 104 cm³/mol. The van der Waals surface area contributed by atoms with Crippen molar-refractivity contribution in [2.75, 3.05) is 5.32 Å². The molecule has 0 radical (unpaired) electrons. The normalized spacial score (nSPS) is 12.0. The highest BCUT2D eigenvalue weighted by Crippen LogP contribution is 2.27. The number of thiazole rings is 1. The van der Waals surface area contributed by atoms with Crippen LogP contribution in [0.25, 0.3) is 11.3 Å². The monoisotopic (exact) mass is 370 g/mol. The number of amides is 1. The molecule has 0 saturated carbocycles. The zero-order chi connectivity index (χ0) is 18.8. The first-order valence-electron chi connectivity index (χ1n) is 8.34. The lowest BCUT2D eigenvalue weighted by Gasteiger charge is -2.14. The van der Waals surface area contributed by atoms with Gasteiger partial charge in [-0.15, -0.1) is 11.3 Å². The van der Waals surface area contributed by atoms with Gasteiger partial charge in [0.25, 0.3) is 5.91 Å². The van der Waals surface area contributed by atoms with Crippen LogP contribution in [0.3, 0.4) is 0 Å². The zero-order valence-corrected chi connectivity index (χ0v) is 16.3. The van der Waals surface area contributed by atoms with E-state index in [0.29, 0.717) is 10.9 Å². The van der Waals surface area contributed by atoms with Crippen molar-refractivity contribution >= 4 is 22.4 Å². The molecule has 3 aromatic rings. The number of anilines is 1. The van der Waals surface area contributed by atoms with Gasteiger partial charge in [0.2, 0.25) is 0 Å². The van der Waals surface area contributed by atoms with E-state index < -0.39 is 6.10 Å². The van der Waals surface area contributed by atoms with Crippen molar-refractivity contribution in [3.8, 4) is 17.0 Å². The van der Waals surface area contributed by atoms with Gasteiger partial charge in [0, 0.05) is 23.7 Å². The van der Waals surface area contributed by atoms with Crippen molar-refractivity contribution in [1.29, 1.82) is 0 Å². The van der Waals surface area contributed by atoms with Crippen LogP contribution in [0.4, 0.5) is 5.13 Å². The van der Waals surface area contributed by atoms with Crippen LogP contribution in [0.1, 0.15) is 23.7 Å². The Morgan fingerprint density at radius 2 is 2.04 bits per heavy atom. The first-order chi connectivity index (χ1) is 12.3. The van der Waals surface area contributed by atoms with Crippen LogP contribution in [-0.2, 0) is 11.8 Å². The summed E-state index contributed by atoms with van der Waals surface area (Å²) >= 11 is 1.38. The number of aromatic nitrogens is 3. The van der Waals surface area contributed by atoms with E-state index in [4.69, 9.17) is 4.74 Å². The highest BCUT2D eigenvalue weighted by atomic mass is 32.1. The summed E-state index contributed by atoms with van der Waals surface area (Å²) in [5.74, 6) is 0.452. The third-order valence-corrected chi connectivity index (χ3v) is 5.16. The molecule has 0 aliphatic carbocycles. The topological polar surface area (TPSA) is 69.0 Å². The fourth-order valence-corrected chi connectivity index (χ4v) is 3.17. The van der Waals surface area contributed by atoms with Crippen molar-refractivity contribution in [3.05, 3.63) is 46.6 Å². The van der Waals surface area contributed by atoms with Crippen molar-refractivity contribution < 1.29 is 9.53 Å². The number of carbonyl (C=O) groups excluding carboxylic acids is 1. The van der Waals surface area contributed by atoms with E-state index in [1.807, 2.05) is 51.4 Å². The van der Waals surface area contributed by atoms with Gasteiger partial charge in [-0.1, -0.05) is 6.07 Å². The molecule has 0 fully saturated rings. The fraction of sp³-hybridized carbons (Fsp3) is 0.316. The Hall–Kier alpha value is -2.67. The average Bonchev–Trinajstić information content (AvgIpc) is 3.18. The second-order valence-corrected chi connectivity index (χ2v) is 7.16. The van der Waals surface area contributed by atoms with E-state index in [1.165, 1.54) is 16.9 Å². The number of nitrogens with zero attached hydrogens (tertiary/aromatic N) is 3. The molecule has 1 unspecified atom stereocenters. The minimum atomic E-state index is -0.621. The molecule has 3 rings (SSSR count). The van der Waals surface area contributed by atoms with E-state index >= 15 is 0 Å². The molecule has 0 aliphatic heterocycles. The number of aryl methyl sites for hydroxylation is 3. The molecule has 6 nitrogen and oxygen atoms in total. The van der Waals surface area contributed by atoms with Gasteiger partial charge in [-0.25, -0.2) is 4.98 Å². The predicted octanol–water partition coefficient (Wildman–Crippen LogP) is 3.87. The Morgan fingerprint density at radius 3 is 2.69 bits per heavy atom. The third-order valence-electron chi connectivity index (χ3n) is 4.41. The molecule has 2 heterocycles. The fourth-order valence-electron chi connectivity index (χ4n) is 2.46. The maximum atomic E-state index is 12.4. The molecule has 136 valence electrons. The highest BCUT2D eigenvalue weighted by molar-refractivity contribution is 7.14. The summed E-state index contributed by atoms with van der Waals surface area (Å²) in [7, 11) is 1.89. The van der Waals surface area contributed by atoms with Gasteiger partial charge in [-0.2, -0.15) is 5.10 Å². The molecule has 1 N–H and O–H groups in total. The highest BCUT2D eigenvalue weighted by Gasteiger charge is 2.18. The number of ether oxygens (including phenoxy) is 1. The number of rotatable bonds is 5. The summed E-state index contributed by atoms with van der Waals surface area (Å²) in [6.45, 7) is 7.77. The number of hydrogen-bond donors (Lipinski definition) is 1. The smallest absolute Gasteiger partial charge is 0.266 e. The van der Waals surface area contributed by atoms with Gasteiger partial charge in [0.15, 0.2) is 11.2 Å². The van der Waals surface area contributed by atoms with Crippen LogP contribution >= 0.6 is 11.3 Å². The molecular formula is C19H22N4O2S. The second kappa shape index (κ2) is 7.29. The summed E-state index contributed by atoms with van der Waals surface area (Å²) in [6.07, 6.45) is 1.16. The number of carbonyl (C=O) groups is 1. The first-order valence-corrected chi connectivity index (χ1v) is 9.22.